The Bertz CT molecular complexity index is 1560. The van der Waals surface area contributed by atoms with E-state index in [1.54, 1.807) is 0 Å². The fourth-order valence-electron chi connectivity index (χ4n) is 5.11. The van der Waals surface area contributed by atoms with Crippen LogP contribution in [0.4, 0.5) is 0 Å². The molecule has 0 bridgehead atoms. The quantitative estimate of drug-likeness (QED) is 0.140. The van der Waals surface area contributed by atoms with Crippen molar-refractivity contribution in [2.75, 3.05) is 0 Å². The van der Waals surface area contributed by atoms with Gasteiger partial charge in [0.1, 0.15) is 0 Å². The van der Waals surface area contributed by atoms with Crippen LogP contribution in [0.25, 0.3) is 0 Å². The molecule has 5 heterocycles. The van der Waals surface area contributed by atoms with Crippen LogP contribution in [0.1, 0.15) is 253 Å². The first kappa shape index (κ1) is 53.2. The second-order valence-electron chi connectivity index (χ2n) is 18.5. The average Bonchev–Trinajstić information content (AvgIpc) is 3.71. The first-order valence-electron chi connectivity index (χ1n) is 22.2. The molecule has 0 unspecified atom stereocenters. The zero-order valence-corrected chi connectivity index (χ0v) is 41.6. The van der Waals surface area contributed by atoms with Crippen molar-refractivity contribution in [3.8, 4) is 0 Å². The van der Waals surface area contributed by atoms with Gasteiger partial charge in [-0.2, -0.15) is 10.2 Å². The predicted octanol–water partition coefficient (Wildman–Crippen LogP) is 16.1. The molecule has 0 saturated heterocycles. The van der Waals surface area contributed by atoms with Gasteiger partial charge >= 0.3 is 0 Å². The van der Waals surface area contributed by atoms with E-state index in [-0.39, 0.29) is 0 Å². The van der Waals surface area contributed by atoms with Gasteiger partial charge in [-0.3, -0.25) is 19.9 Å². The lowest BCUT2D eigenvalue weighted by molar-refractivity contribution is 0.733. The lowest BCUT2D eigenvalue weighted by Crippen LogP contribution is -1.99. The molecule has 0 aliphatic heterocycles. The standard InChI is InChI=1S/2C11H17N.2C10H16N2.C10H16S/c1-8(2)10-5-6-11(9(3)4)12-7-10;1-8(2)10-6-5-7-11(12-10)9(3)4;1-7(2)9-5-12-10(6-11-9)8(3)4;1-7(2)9-5-6-10(8(3)4)12-11-9;1-7(2)9-5-6-10(11-9)8(3)4/h2*5-9H,1-4H3;2*5-8H,1-4H3;5-8H,1-4H3. The van der Waals surface area contributed by atoms with Crippen LogP contribution in [0.15, 0.2) is 73.2 Å². The molecule has 0 amide bonds. The lowest BCUT2D eigenvalue weighted by Gasteiger charge is -2.08. The monoisotopic (exact) mass is 823 g/mol. The molecule has 7 heteroatoms. The Balaban J connectivity index is 0.000000369. The van der Waals surface area contributed by atoms with Crippen LogP contribution in [-0.2, 0) is 0 Å². The zero-order valence-electron chi connectivity index (χ0n) is 40.8. The van der Waals surface area contributed by atoms with E-state index in [2.05, 4.69) is 223 Å². The van der Waals surface area contributed by atoms with E-state index in [9.17, 15) is 0 Å². The SMILES string of the molecule is CC(C)c1ccc(C(C)C)nc1.CC(C)c1ccc(C(C)C)nn1.CC(C)c1ccc(C(C)C)s1.CC(C)c1cccc(C(C)C)n1.CC(C)c1cnc(C(C)C)cn1. The van der Waals surface area contributed by atoms with Gasteiger partial charge in [0.05, 0.1) is 22.8 Å². The van der Waals surface area contributed by atoms with Gasteiger partial charge in [0, 0.05) is 45.4 Å². The highest BCUT2D eigenvalue weighted by molar-refractivity contribution is 7.12. The highest BCUT2D eigenvalue weighted by atomic mass is 32.1. The zero-order chi connectivity index (χ0) is 45.0. The molecule has 0 saturated carbocycles. The molecular formula is C52H82N6S. The maximum atomic E-state index is 4.57. The third-order valence-electron chi connectivity index (χ3n) is 9.59. The molecule has 0 spiro atoms. The van der Waals surface area contributed by atoms with Gasteiger partial charge in [-0.05, 0) is 107 Å². The second-order valence-corrected chi connectivity index (χ2v) is 19.7. The molecular weight excluding hydrogens is 741 g/mol. The van der Waals surface area contributed by atoms with Gasteiger partial charge in [-0.1, -0.05) is 151 Å². The third kappa shape index (κ3) is 20.3. The smallest absolute Gasteiger partial charge is 0.0656 e. The van der Waals surface area contributed by atoms with Crippen molar-refractivity contribution >= 4 is 11.3 Å². The van der Waals surface area contributed by atoms with E-state index in [0.717, 1.165) is 22.8 Å². The lowest BCUT2D eigenvalue weighted by atomic mass is 10.0. The molecule has 5 aromatic rings. The van der Waals surface area contributed by atoms with Gasteiger partial charge in [0.15, 0.2) is 0 Å². The highest BCUT2D eigenvalue weighted by Crippen LogP contribution is 2.29. The van der Waals surface area contributed by atoms with Crippen LogP contribution < -0.4 is 0 Å². The number of pyridine rings is 2. The van der Waals surface area contributed by atoms with E-state index in [4.69, 9.17) is 0 Å². The maximum absolute atomic E-state index is 4.57. The molecule has 0 aromatic carbocycles. The van der Waals surface area contributed by atoms with Gasteiger partial charge in [0.2, 0.25) is 0 Å². The fourth-order valence-corrected chi connectivity index (χ4v) is 6.13. The van der Waals surface area contributed by atoms with Crippen molar-refractivity contribution in [2.45, 2.75) is 198 Å². The van der Waals surface area contributed by atoms with E-state index in [1.165, 1.54) is 32.4 Å². The summed E-state index contributed by atoms with van der Waals surface area (Å²) >= 11 is 1.95. The summed E-state index contributed by atoms with van der Waals surface area (Å²) in [5, 5.41) is 8.30. The Kier molecular flexibility index (Phi) is 24.4. The Morgan fingerprint density at radius 3 is 0.881 bits per heavy atom. The molecule has 0 fully saturated rings. The van der Waals surface area contributed by atoms with Crippen LogP contribution in [-0.4, -0.2) is 30.1 Å². The number of hydrogen-bond acceptors (Lipinski definition) is 7. The van der Waals surface area contributed by atoms with Crippen LogP contribution in [0.2, 0.25) is 0 Å². The summed E-state index contributed by atoms with van der Waals surface area (Å²) in [4.78, 5) is 20.7. The van der Waals surface area contributed by atoms with Gasteiger partial charge in [0.25, 0.3) is 0 Å². The van der Waals surface area contributed by atoms with Gasteiger partial charge in [-0.15, -0.1) is 11.3 Å². The van der Waals surface area contributed by atoms with E-state index >= 15 is 0 Å². The van der Waals surface area contributed by atoms with E-state index in [1.807, 2.05) is 29.9 Å². The van der Waals surface area contributed by atoms with Crippen molar-refractivity contribution in [3.05, 3.63) is 128 Å². The number of nitrogens with zero attached hydrogens (tertiary/aromatic N) is 6. The first-order chi connectivity index (χ1) is 27.5. The molecule has 0 radical (unpaired) electrons. The molecule has 6 nitrogen and oxygen atoms in total. The Labute approximate surface area is 366 Å². The Morgan fingerprint density at radius 2 is 0.644 bits per heavy atom. The van der Waals surface area contributed by atoms with Crippen LogP contribution in [0.3, 0.4) is 0 Å². The topological polar surface area (TPSA) is 77.3 Å². The highest BCUT2D eigenvalue weighted by Gasteiger charge is 2.08. The predicted molar refractivity (Wildman–Crippen MR) is 258 cm³/mol. The van der Waals surface area contributed by atoms with E-state index < -0.39 is 0 Å². The number of thiophene rings is 1. The molecule has 0 N–H and O–H groups in total. The van der Waals surface area contributed by atoms with Crippen LogP contribution in [0, 0.1) is 0 Å². The molecule has 59 heavy (non-hydrogen) atoms. The Hall–Kier alpha value is -3.84. The molecule has 5 rings (SSSR count). The summed E-state index contributed by atoms with van der Waals surface area (Å²) < 4.78 is 0. The molecule has 0 aliphatic rings. The minimum absolute atomic E-state index is 0.471. The largest absolute Gasteiger partial charge is 0.261 e. The van der Waals surface area contributed by atoms with E-state index in [0.29, 0.717) is 59.2 Å². The summed E-state index contributed by atoms with van der Waals surface area (Å²) in [5.74, 6) is 5.44. The minimum atomic E-state index is 0.471. The van der Waals surface area contributed by atoms with Gasteiger partial charge in [-0.25, -0.2) is 0 Å². The number of aromatic nitrogens is 6. The van der Waals surface area contributed by atoms with Crippen LogP contribution in [0.5, 0.6) is 0 Å². The summed E-state index contributed by atoms with van der Waals surface area (Å²) in [6.45, 7) is 43.4. The average molecular weight is 823 g/mol. The van der Waals surface area contributed by atoms with Crippen molar-refractivity contribution in [2.24, 2.45) is 0 Å². The van der Waals surface area contributed by atoms with Crippen molar-refractivity contribution < 1.29 is 0 Å². The molecule has 0 atom stereocenters. The Morgan fingerprint density at radius 1 is 0.305 bits per heavy atom. The van der Waals surface area contributed by atoms with Crippen molar-refractivity contribution in [1.29, 1.82) is 0 Å². The summed E-state index contributed by atoms with van der Waals surface area (Å²) in [5.41, 5.74) is 9.17. The molecule has 326 valence electrons. The maximum Gasteiger partial charge on any atom is 0.0656 e. The van der Waals surface area contributed by atoms with Crippen LogP contribution >= 0.6 is 11.3 Å². The molecule has 5 aromatic heterocycles. The first-order valence-corrected chi connectivity index (χ1v) is 23.0. The summed E-state index contributed by atoms with van der Waals surface area (Å²) in [6.07, 6.45) is 5.74. The molecule has 0 aliphatic carbocycles. The normalized spacial score (nSPS) is 11.2. The van der Waals surface area contributed by atoms with Crippen molar-refractivity contribution in [3.63, 3.8) is 0 Å². The fraction of sp³-hybridized carbons (Fsp3) is 0.577. The number of rotatable bonds is 10. The van der Waals surface area contributed by atoms with Gasteiger partial charge < -0.3 is 0 Å². The second kappa shape index (κ2) is 27.1. The third-order valence-corrected chi connectivity index (χ3v) is 11.3. The number of hydrogen-bond donors (Lipinski definition) is 0. The summed E-state index contributed by atoms with van der Waals surface area (Å²) in [7, 11) is 0. The minimum Gasteiger partial charge on any atom is -0.261 e. The van der Waals surface area contributed by atoms with Crippen molar-refractivity contribution in [1.82, 2.24) is 30.1 Å². The summed E-state index contributed by atoms with van der Waals surface area (Å²) in [6, 6.07) is 19.2.